The number of aryl methyl sites for hydroxylation is 2. The number of aromatic nitrogens is 4. The molecule has 0 radical (unpaired) electrons. The molecule has 0 amide bonds. The van der Waals surface area contributed by atoms with E-state index < -0.39 is 0 Å². The molecule has 7 nitrogen and oxygen atoms in total. The number of rotatable bonds is 6. The molecule has 0 fully saturated rings. The largest absolute Gasteiger partial charge is 0.332 e. The Kier molecular flexibility index (Phi) is 4.85. The molecule has 1 unspecified atom stereocenters. The van der Waals surface area contributed by atoms with Gasteiger partial charge in [0.05, 0.1) is 6.33 Å². The van der Waals surface area contributed by atoms with Gasteiger partial charge in [-0.1, -0.05) is 30.3 Å². The van der Waals surface area contributed by atoms with Crippen molar-refractivity contribution >= 4 is 11.2 Å². The van der Waals surface area contributed by atoms with Crippen LogP contribution in [0.2, 0.25) is 0 Å². The van der Waals surface area contributed by atoms with Gasteiger partial charge in [-0.25, -0.2) is 9.78 Å². The second-order valence-electron chi connectivity index (χ2n) is 6.37. The summed E-state index contributed by atoms with van der Waals surface area (Å²) in [5.74, 6) is 0. The second-order valence-corrected chi connectivity index (χ2v) is 6.37. The lowest BCUT2D eigenvalue weighted by molar-refractivity contribution is 0.479. The van der Waals surface area contributed by atoms with E-state index in [4.69, 9.17) is 0 Å². The van der Waals surface area contributed by atoms with Crippen LogP contribution in [-0.4, -0.2) is 24.7 Å². The number of fused-ring (bicyclic) bond motifs is 1. The Bertz CT molecular complexity index is 984. The van der Waals surface area contributed by atoms with Crippen LogP contribution in [0, 0.1) is 0 Å². The van der Waals surface area contributed by atoms with Gasteiger partial charge in [-0.15, -0.1) is 0 Å². The van der Waals surface area contributed by atoms with Gasteiger partial charge in [-0.05, 0) is 18.9 Å². The highest BCUT2D eigenvalue weighted by atomic mass is 16.2. The van der Waals surface area contributed by atoms with Crippen molar-refractivity contribution in [3.8, 4) is 0 Å². The Morgan fingerprint density at radius 1 is 1.12 bits per heavy atom. The summed E-state index contributed by atoms with van der Waals surface area (Å²) in [6.07, 6.45) is 2.49. The van der Waals surface area contributed by atoms with Crippen LogP contribution in [0.1, 0.15) is 18.9 Å². The first-order valence-corrected chi connectivity index (χ1v) is 8.37. The number of hydrogen-bond donors (Lipinski definition) is 1. The standard InChI is InChI=1S/C18H23N5O2/c1-13(19-11-14-7-5-4-6-8-14)9-10-23-12-20-16-15(23)17(24)22(3)18(25)21(16)2/h4-8,12-13,19H,9-11H2,1-3H3. The maximum Gasteiger partial charge on any atom is 0.332 e. The first-order chi connectivity index (χ1) is 12.0. The molecule has 1 aromatic carbocycles. The Labute approximate surface area is 145 Å². The third-order valence-corrected chi connectivity index (χ3v) is 4.52. The molecule has 0 spiro atoms. The van der Waals surface area contributed by atoms with E-state index in [-0.39, 0.29) is 17.3 Å². The van der Waals surface area contributed by atoms with Gasteiger partial charge >= 0.3 is 5.69 Å². The topological polar surface area (TPSA) is 73.8 Å². The average Bonchev–Trinajstić information content (AvgIpc) is 3.06. The highest BCUT2D eigenvalue weighted by Crippen LogP contribution is 2.08. The highest BCUT2D eigenvalue weighted by Gasteiger charge is 2.14. The molecule has 0 aliphatic heterocycles. The third-order valence-electron chi connectivity index (χ3n) is 4.52. The quantitative estimate of drug-likeness (QED) is 0.726. The molecule has 1 atom stereocenters. The van der Waals surface area contributed by atoms with Crippen molar-refractivity contribution in [2.75, 3.05) is 0 Å². The van der Waals surface area contributed by atoms with E-state index in [9.17, 15) is 9.59 Å². The van der Waals surface area contributed by atoms with Crippen LogP contribution in [-0.2, 0) is 27.2 Å². The molecule has 2 heterocycles. The van der Waals surface area contributed by atoms with Gasteiger partial charge < -0.3 is 9.88 Å². The van der Waals surface area contributed by atoms with Crippen molar-refractivity contribution in [2.45, 2.75) is 32.5 Å². The number of nitrogens with one attached hydrogen (secondary N) is 1. The fraction of sp³-hybridized carbons (Fsp3) is 0.389. The van der Waals surface area contributed by atoms with Crippen LogP contribution in [0.3, 0.4) is 0 Å². The zero-order valence-electron chi connectivity index (χ0n) is 14.8. The molecule has 1 N–H and O–H groups in total. The third kappa shape index (κ3) is 3.41. The molecular formula is C18H23N5O2. The predicted molar refractivity (Wildman–Crippen MR) is 97.6 cm³/mol. The van der Waals surface area contributed by atoms with Gasteiger partial charge in [0.1, 0.15) is 0 Å². The van der Waals surface area contributed by atoms with Crippen molar-refractivity contribution in [3.05, 3.63) is 63.1 Å². The number of hydrogen-bond acceptors (Lipinski definition) is 4. The number of nitrogens with zero attached hydrogens (tertiary/aromatic N) is 4. The lowest BCUT2D eigenvalue weighted by Crippen LogP contribution is -2.37. The normalized spacial score (nSPS) is 12.6. The van der Waals surface area contributed by atoms with Gasteiger partial charge in [0.2, 0.25) is 0 Å². The zero-order chi connectivity index (χ0) is 18.0. The molecule has 0 aliphatic rings. The fourth-order valence-electron chi connectivity index (χ4n) is 2.89. The van der Waals surface area contributed by atoms with E-state index >= 15 is 0 Å². The lowest BCUT2D eigenvalue weighted by atomic mass is 10.2. The molecule has 7 heteroatoms. The molecule has 0 bridgehead atoms. The molecule has 132 valence electrons. The van der Waals surface area contributed by atoms with Crippen molar-refractivity contribution in [1.82, 2.24) is 24.0 Å². The van der Waals surface area contributed by atoms with Crippen molar-refractivity contribution in [1.29, 1.82) is 0 Å². The second kappa shape index (κ2) is 7.06. The summed E-state index contributed by atoms with van der Waals surface area (Å²) in [5, 5.41) is 3.48. The Morgan fingerprint density at radius 2 is 1.84 bits per heavy atom. The minimum atomic E-state index is -0.361. The summed E-state index contributed by atoms with van der Waals surface area (Å²) in [6.45, 7) is 3.59. The SMILES string of the molecule is CC(CCn1cnc2c1c(=O)n(C)c(=O)n2C)NCc1ccccc1. The first-order valence-electron chi connectivity index (χ1n) is 8.37. The Balaban J connectivity index is 1.71. The molecule has 2 aromatic heterocycles. The maximum absolute atomic E-state index is 12.4. The minimum Gasteiger partial charge on any atom is -0.325 e. The van der Waals surface area contributed by atoms with E-state index in [0.29, 0.717) is 17.7 Å². The first kappa shape index (κ1) is 17.2. The Morgan fingerprint density at radius 3 is 2.56 bits per heavy atom. The van der Waals surface area contributed by atoms with E-state index in [1.165, 1.54) is 17.2 Å². The van der Waals surface area contributed by atoms with Crippen molar-refractivity contribution in [3.63, 3.8) is 0 Å². The molecule has 3 rings (SSSR count). The summed E-state index contributed by atoms with van der Waals surface area (Å²) < 4.78 is 4.36. The highest BCUT2D eigenvalue weighted by molar-refractivity contribution is 5.69. The van der Waals surface area contributed by atoms with E-state index in [1.54, 1.807) is 13.4 Å². The molecular weight excluding hydrogens is 318 g/mol. The average molecular weight is 341 g/mol. The summed E-state index contributed by atoms with van der Waals surface area (Å²) in [5.41, 5.74) is 1.48. The van der Waals surface area contributed by atoms with Crippen LogP contribution >= 0.6 is 0 Å². The van der Waals surface area contributed by atoms with Crippen LogP contribution < -0.4 is 16.6 Å². The summed E-state index contributed by atoms with van der Waals surface area (Å²) in [6, 6.07) is 10.5. The predicted octanol–water partition coefficient (Wildman–Crippen LogP) is 1.00. The Hall–Kier alpha value is -2.67. The van der Waals surface area contributed by atoms with E-state index in [1.807, 2.05) is 22.8 Å². The number of imidazole rings is 1. The van der Waals surface area contributed by atoms with Gasteiger partial charge in [0, 0.05) is 33.2 Å². The van der Waals surface area contributed by atoms with Gasteiger partial charge in [-0.3, -0.25) is 13.9 Å². The smallest absolute Gasteiger partial charge is 0.325 e. The molecule has 0 saturated heterocycles. The van der Waals surface area contributed by atoms with Crippen molar-refractivity contribution < 1.29 is 0 Å². The lowest BCUT2D eigenvalue weighted by Gasteiger charge is -2.14. The van der Waals surface area contributed by atoms with Crippen molar-refractivity contribution in [2.24, 2.45) is 14.1 Å². The minimum absolute atomic E-state index is 0.286. The van der Waals surface area contributed by atoms with Crippen LogP contribution in [0.4, 0.5) is 0 Å². The van der Waals surface area contributed by atoms with Gasteiger partial charge in [-0.2, -0.15) is 0 Å². The van der Waals surface area contributed by atoms with Crippen LogP contribution in [0.25, 0.3) is 11.2 Å². The van der Waals surface area contributed by atoms with Crippen LogP contribution in [0.5, 0.6) is 0 Å². The zero-order valence-corrected chi connectivity index (χ0v) is 14.8. The van der Waals surface area contributed by atoms with E-state index in [2.05, 4.69) is 29.4 Å². The number of benzene rings is 1. The summed E-state index contributed by atoms with van der Waals surface area (Å²) in [4.78, 5) is 28.6. The monoisotopic (exact) mass is 341 g/mol. The summed E-state index contributed by atoms with van der Waals surface area (Å²) >= 11 is 0. The molecule has 3 aromatic rings. The fourth-order valence-corrected chi connectivity index (χ4v) is 2.89. The summed E-state index contributed by atoms with van der Waals surface area (Å²) in [7, 11) is 3.12. The molecule has 0 saturated carbocycles. The van der Waals surface area contributed by atoms with Gasteiger partial charge in [0.25, 0.3) is 5.56 Å². The van der Waals surface area contributed by atoms with E-state index in [0.717, 1.165) is 17.5 Å². The molecule has 25 heavy (non-hydrogen) atoms. The molecule has 0 aliphatic carbocycles. The maximum atomic E-state index is 12.4. The van der Waals surface area contributed by atoms with Crippen LogP contribution in [0.15, 0.2) is 46.2 Å². The van der Waals surface area contributed by atoms with Gasteiger partial charge in [0.15, 0.2) is 11.2 Å².